The van der Waals surface area contributed by atoms with Crippen LogP contribution in [0.1, 0.15) is 37.3 Å². The predicted molar refractivity (Wildman–Crippen MR) is 125 cm³/mol. The second-order valence-corrected chi connectivity index (χ2v) is 9.53. The van der Waals surface area contributed by atoms with Gasteiger partial charge in [0.25, 0.3) is 0 Å². The summed E-state index contributed by atoms with van der Waals surface area (Å²) < 4.78 is 50.4. The van der Waals surface area contributed by atoms with Gasteiger partial charge in [-0.25, -0.2) is 4.98 Å². The highest BCUT2D eigenvalue weighted by molar-refractivity contribution is 7.14. The first-order chi connectivity index (χ1) is 16.7. The third-order valence-electron chi connectivity index (χ3n) is 5.55. The number of halogens is 3. The number of nitrogens with zero attached hydrogens (tertiary/aromatic N) is 4. The number of anilines is 1. The number of hydrogen-bond donors (Lipinski definition) is 0. The minimum absolute atomic E-state index is 0.104. The summed E-state index contributed by atoms with van der Waals surface area (Å²) in [5.41, 5.74) is 1.06. The number of pyridine rings is 1. The molecule has 3 aromatic rings. The van der Waals surface area contributed by atoms with Crippen molar-refractivity contribution in [1.82, 2.24) is 15.2 Å². The third-order valence-corrected chi connectivity index (χ3v) is 6.50. The molecule has 1 fully saturated rings. The topological polar surface area (TPSA) is 77.4 Å². The molecule has 4 rings (SSSR count). The molecule has 1 aliphatic heterocycles. The maximum absolute atomic E-state index is 13.2. The van der Waals surface area contributed by atoms with Crippen molar-refractivity contribution >= 4 is 23.0 Å². The molecule has 1 aromatic carbocycles. The van der Waals surface area contributed by atoms with E-state index in [1.807, 2.05) is 24.3 Å². The van der Waals surface area contributed by atoms with Crippen molar-refractivity contribution in [2.75, 3.05) is 18.0 Å². The molecule has 0 unspecified atom stereocenters. The standard InChI is InChI=1S/C24H25F3N4O3S/c1-15(2)23(32)33-14-20-29-30-22(35-20)16-5-7-17(8-6-16)31-12-9-18(10-13-31)34-21-19(24(25,26)27)4-3-11-28-21/h3-8,11,15,18H,9-10,12-14H2,1-2H3. The summed E-state index contributed by atoms with van der Waals surface area (Å²) in [6.45, 7) is 4.96. The monoisotopic (exact) mass is 506 g/mol. The van der Waals surface area contributed by atoms with E-state index in [0.29, 0.717) is 30.9 Å². The van der Waals surface area contributed by atoms with Gasteiger partial charge in [-0.05, 0) is 36.4 Å². The first kappa shape index (κ1) is 24.9. The Kier molecular flexibility index (Phi) is 7.54. The van der Waals surface area contributed by atoms with Crippen LogP contribution in [0.4, 0.5) is 18.9 Å². The Labute approximate surface area is 204 Å². The van der Waals surface area contributed by atoms with Crippen LogP contribution >= 0.6 is 11.3 Å². The first-order valence-corrected chi connectivity index (χ1v) is 12.1. The number of benzene rings is 1. The number of piperidine rings is 1. The fourth-order valence-corrected chi connectivity index (χ4v) is 4.39. The Balaban J connectivity index is 1.32. The number of hydrogen-bond acceptors (Lipinski definition) is 8. The van der Waals surface area contributed by atoms with Crippen molar-refractivity contribution in [2.45, 2.75) is 45.6 Å². The molecule has 0 bridgehead atoms. The molecule has 186 valence electrons. The van der Waals surface area contributed by atoms with Crippen LogP contribution in [0.2, 0.25) is 0 Å². The Hall–Kier alpha value is -3.21. The summed E-state index contributed by atoms with van der Waals surface area (Å²) in [5, 5.41) is 9.64. The van der Waals surface area contributed by atoms with Crippen LogP contribution in [-0.2, 0) is 22.3 Å². The summed E-state index contributed by atoms with van der Waals surface area (Å²) in [7, 11) is 0. The Morgan fingerprint density at radius 1 is 1.14 bits per heavy atom. The van der Waals surface area contributed by atoms with Crippen molar-refractivity contribution in [2.24, 2.45) is 5.92 Å². The van der Waals surface area contributed by atoms with Crippen molar-refractivity contribution in [3.8, 4) is 16.5 Å². The number of ether oxygens (including phenoxy) is 2. The third kappa shape index (κ3) is 6.27. The molecule has 1 saturated heterocycles. The number of rotatable bonds is 7. The highest BCUT2D eigenvalue weighted by Crippen LogP contribution is 2.36. The zero-order valence-electron chi connectivity index (χ0n) is 19.3. The lowest BCUT2D eigenvalue weighted by Gasteiger charge is -2.33. The molecule has 35 heavy (non-hydrogen) atoms. The van der Waals surface area contributed by atoms with Gasteiger partial charge in [-0.3, -0.25) is 4.79 Å². The summed E-state index contributed by atoms with van der Waals surface area (Å²) in [4.78, 5) is 17.6. The molecule has 0 aliphatic carbocycles. The second kappa shape index (κ2) is 10.6. The lowest BCUT2D eigenvalue weighted by Crippen LogP contribution is -2.38. The van der Waals surface area contributed by atoms with Crippen LogP contribution in [0, 0.1) is 5.92 Å². The van der Waals surface area contributed by atoms with Gasteiger partial charge in [0.15, 0.2) is 5.01 Å². The normalized spacial score (nSPS) is 14.9. The molecule has 0 saturated carbocycles. The summed E-state index contributed by atoms with van der Waals surface area (Å²) in [6.07, 6.45) is -2.35. The van der Waals surface area contributed by atoms with E-state index in [-0.39, 0.29) is 30.5 Å². The van der Waals surface area contributed by atoms with Gasteiger partial charge in [0.1, 0.15) is 23.3 Å². The van der Waals surface area contributed by atoms with E-state index in [4.69, 9.17) is 9.47 Å². The average Bonchev–Trinajstić information content (AvgIpc) is 3.32. The van der Waals surface area contributed by atoms with Gasteiger partial charge in [0.05, 0.1) is 5.92 Å². The lowest BCUT2D eigenvalue weighted by molar-refractivity contribution is -0.148. The van der Waals surface area contributed by atoms with Gasteiger partial charge in [-0.15, -0.1) is 10.2 Å². The zero-order valence-corrected chi connectivity index (χ0v) is 20.1. The van der Waals surface area contributed by atoms with Gasteiger partial charge in [0, 0.05) is 43.4 Å². The highest BCUT2D eigenvalue weighted by Gasteiger charge is 2.36. The van der Waals surface area contributed by atoms with Gasteiger partial charge in [-0.2, -0.15) is 13.2 Å². The van der Waals surface area contributed by atoms with Gasteiger partial charge < -0.3 is 14.4 Å². The molecule has 0 radical (unpaired) electrons. The number of aromatic nitrogens is 3. The van der Waals surface area contributed by atoms with E-state index < -0.39 is 11.7 Å². The molecule has 0 N–H and O–H groups in total. The predicted octanol–water partition coefficient (Wildman–Crippen LogP) is 5.37. The molecule has 0 amide bonds. The van der Waals surface area contributed by atoms with Crippen LogP contribution in [0.15, 0.2) is 42.6 Å². The van der Waals surface area contributed by atoms with Crippen molar-refractivity contribution < 1.29 is 27.4 Å². The average molecular weight is 507 g/mol. The molecule has 0 atom stereocenters. The van der Waals surface area contributed by atoms with Crippen LogP contribution in [0.3, 0.4) is 0 Å². The molecular weight excluding hydrogens is 481 g/mol. The minimum Gasteiger partial charge on any atom is -0.474 e. The fraction of sp³-hybridized carbons (Fsp3) is 0.417. The van der Waals surface area contributed by atoms with E-state index in [1.54, 1.807) is 13.8 Å². The molecule has 2 aromatic heterocycles. The fourth-order valence-electron chi connectivity index (χ4n) is 3.63. The SMILES string of the molecule is CC(C)C(=O)OCc1nnc(-c2ccc(N3CCC(Oc4ncccc4C(F)(F)F)CC3)cc2)s1. The van der Waals surface area contributed by atoms with Crippen LogP contribution in [0.5, 0.6) is 5.88 Å². The smallest absolute Gasteiger partial charge is 0.421 e. The quantitative estimate of drug-likeness (QED) is 0.399. The van der Waals surface area contributed by atoms with Gasteiger partial charge in [0.2, 0.25) is 5.88 Å². The number of carbonyl (C=O) groups excluding carboxylic acids is 1. The van der Waals surface area contributed by atoms with Crippen molar-refractivity contribution in [3.63, 3.8) is 0 Å². The van der Waals surface area contributed by atoms with Crippen molar-refractivity contribution in [1.29, 1.82) is 0 Å². The van der Waals surface area contributed by atoms with Crippen LogP contribution < -0.4 is 9.64 Å². The zero-order chi connectivity index (χ0) is 25.0. The minimum atomic E-state index is -4.50. The maximum Gasteiger partial charge on any atom is 0.421 e. The molecule has 1 aliphatic rings. The van der Waals surface area contributed by atoms with E-state index in [2.05, 4.69) is 20.1 Å². The number of esters is 1. The van der Waals surface area contributed by atoms with Gasteiger partial charge in [-0.1, -0.05) is 25.2 Å². The molecule has 11 heteroatoms. The largest absolute Gasteiger partial charge is 0.474 e. The summed E-state index contributed by atoms with van der Waals surface area (Å²) in [6, 6.07) is 10.1. The van der Waals surface area contributed by atoms with E-state index >= 15 is 0 Å². The van der Waals surface area contributed by atoms with E-state index in [0.717, 1.165) is 22.3 Å². The summed E-state index contributed by atoms with van der Waals surface area (Å²) >= 11 is 1.37. The number of carbonyl (C=O) groups is 1. The van der Waals surface area contributed by atoms with E-state index in [9.17, 15) is 18.0 Å². The summed E-state index contributed by atoms with van der Waals surface area (Å²) in [5.74, 6) is -0.835. The van der Waals surface area contributed by atoms with Crippen molar-refractivity contribution in [3.05, 3.63) is 53.2 Å². The highest BCUT2D eigenvalue weighted by atomic mass is 32.1. The Bertz CT molecular complexity index is 1140. The molecule has 0 spiro atoms. The molecule has 3 heterocycles. The van der Waals surface area contributed by atoms with Crippen LogP contribution in [0.25, 0.3) is 10.6 Å². The Morgan fingerprint density at radius 3 is 2.51 bits per heavy atom. The molecule has 7 nitrogen and oxygen atoms in total. The van der Waals surface area contributed by atoms with Crippen LogP contribution in [-0.4, -0.2) is 40.3 Å². The lowest BCUT2D eigenvalue weighted by atomic mass is 10.1. The Morgan fingerprint density at radius 2 is 1.86 bits per heavy atom. The maximum atomic E-state index is 13.2. The second-order valence-electron chi connectivity index (χ2n) is 8.47. The molecular formula is C24H25F3N4O3S. The first-order valence-electron chi connectivity index (χ1n) is 11.2. The van der Waals surface area contributed by atoms with Gasteiger partial charge >= 0.3 is 12.1 Å². The number of alkyl halides is 3. The van der Waals surface area contributed by atoms with E-state index in [1.165, 1.54) is 23.6 Å².